The molecule has 2 rings (SSSR count). The third-order valence-corrected chi connectivity index (χ3v) is 3.59. The number of likely N-dealkylation sites (N-methyl/N-ethyl adjacent to an activating group) is 1. The monoisotopic (exact) mass is 211 g/mol. The predicted octanol–water partition coefficient (Wildman–Crippen LogP) is 1.96. The van der Waals surface area contributed by atoms with Crippen LogP contribution < -0.4 is 0 Å². The molecule has 3 nitrogen and oxygen atoms in total. The van der Waals surface area contributed by atoms with Gasteiger partial charge in [-0.1, -0.05) is 12.8 Å². The van der Waals surface area contributed by atoms with Crippen molar-refractivity contribution in [3.63, 3.8) is 0 Å². The number of nitrogens with zero attached hydrogens (tertiary/aromatic N) is 1. The Morgan fingerprint density at radius 3 is 2.53 bits per heavy atom. The van der Waals surface area contributed by atoms with E-state index >= 15 is 0 Å². The summed E-state index contributed by atoms with van der Waals surface area (Å²) in [5.74, 6) is 0.238. The van der Waals surface area contributed by atoms with Crippen LogP contribution in [0.3, 0.4) is 0 Å². The van der Waals surface area contributed by atoms with Crippen LogP contribution in [0.5, 0.6) is 0 Å². The van der Waals surface area contributed by atoms with E-state index in [0.29, 0.717) is 6.04 Å². The normalized spacial score (nSPS) is 27.1. The van der Waals surface area contributed by atoms with Gasteiger partial charge >= 0.3 is 0 Å². The highest BCUT2D eigenvalue weighted by molar-refractivity contribution is 5.81. The van der Waals surface area contributed by atoms with E-state index in [1.165, 1.54) is 25.7 Å². The first-order valence-electron chi connectivity index (χ1n) is 6.25. The molecule has 15 heavy (non-hydrogen) atoms. The lowest BCUT2D eigenvalue weighted by Gasteiger charge is -2.29. The molecule has 0 aromatic heterocycles. The Morgan fingerprint density at radius 2 is 2.00 bits per heavy atom. The van der Waals surface area contributed by atoms with Crippen molar-refractivity contribution in [3.05, 3.63) is 0 Å². The molecule has 1 unspecified atom stereocenters. The fourth-order valence-electron chi connectivity index (χ4n) is 2.77. The third kappa shape index (κ3) is 2.33. The fourth-order valence-corrected chi connectivity index (χ4v) is 2.77. The molecule has 1 aliphatic carbocycles. The Kier molecular flexibility index (Phi) is 3.62. The SMILES string of the molecule is CCN(C(=O)C1CCCO1)C1CCCC1. The van der Waals surface area contributed by atoms with Gasteiger partial charge in [-0.3, -0.25) is 4.79 Å². The van der Waals surface area contributed by atoms with Gasteiger partial charge in [-0.2, -0.15) is 0 Å². The smallest absolute Gasteiger partial charge is 0.251 e. The van der Waals surface area contributed by atoms with E-state index in [2.05, 4.69) is 6.92 Å². The summed E-state index contributed by atoms with van der Waals surface area (Å²) in [5.41, 5.74) is 0. The number of hydrogen-bond acceptors (Lipinski definition) is 2. The second kappa shape index (κ2) is 4.97. The largest absolute Gasteiger partial charge is 0.368 e. The van der Waals surface area contributed by atoms with Crippen LogP contribution in [0.1, 0.15) is 45.4 Å². The molecule has 1 saturated carbocycles. The second-order valence-electron chi connectivity index (χ2n) is 4.56. The molecule has 0 bridgehead atoms. The Hall–Kier alpha value is -0.570. The van der Waals surface area contributed by atoms with Gasteiger partial charge in [0.2, 0.25) is 0 Å². The molecular weight excluding hydrogens is 190 g/mol. The molecule has 0 aromatic carbocycles. The van der Waals surface area contributed by atoms with Crippen LogP contribution >= 0.6 is 0 Å². The van der Waals surface area contributed by atoms with Crippen molar-refractivity contribution in [2.24, 2.45) is 0 Å². The van der Waals surface area contributed by atoms with E-state index in [0.717, 1.165) is 26.0 Å². The zero-order valence-corrected chi connectivity index (χ0v) is 9.58. The topological polar surface area (TPSA) is 29.5 Å². The van der Waals surface area contributed by atoms with Crippen LogP contribution in [0.2, 0.25) is 0 Å². The number of hydrogen-bond donors (Lipinski definition) is 0. The maximum Gasteiger partial charge on any atom is 0.251 e. The van der Waals surface area contributed by atoms with Crippen LogP contribution in [-0.4, -0.2) is 36.1 Å². The first-order chi connectivity index (χ1) is 7.33. The summed E-state index contributed by atoms with van der Waals surface area (Å²) in [6, 6.07) is 0.492. The molecule has 1 atom stereocenters. The van der Waals surface area contributed by atoms with Gasteiger partial charge in [0.1, 0.15) is 6.10 Å². The van der Waals surface area contributed by atoms with Crippen LogP contribution in [-0.2, 0) is 9.53 Å². The minimum absolute atomic E-state index is 0.134. The first kappa shape index (κ1) is 10.9. The minimum atomic E-state index is -0.134. The van der Waals surface area contributed by atoms with Crippen molar-refractivity contribution in [1.82, 2.24) is 4.90 Å². The van der Waals surface area contributed by atoms with Gasteiger partial charge in [0.15, 0.2) is 0 Å². The Bertz CT molecular complexity index is 218. The number of rotatable bonds is 3. The molecular formula is C12H21NO2. The molecule has 0 aromatic rings. The Labute approximate surface area is 91.8 Å². The predicted molar refractivity (Wildman–Crippen MR) is 58.6 cm³/mol. The van der Waals surface area contributed by atoms with Crippen LogP contribution in [0.25, 0.3) is 0 Å². The number of carbonyl (C=O) groups is 1. The molecule has 1 heterocycles. The molecule has 0 spiro atoms. The van der Waals surface area contributed by atoms with Gasteiger partial charge in [-0.15, -0.1) is 0 Å². The van der Waals surface area contributed by atoms with E-state index in [-0.39, 0.29) is 12.0 Å². The molecule has 2 fully saturated rings. The summed E-state index contributed by atoms with van der Waals surface area (Å²) in [7, 11) is 0. The van der Waals surface area contributed by atoms with Gasteiger partial charge in [-0.05, 0) is 32.6 Å². The summed E-state index contributed by atoms with van der Waals surface area (Å²) in [5, 5.41) is 0. The maximum absolute atomic E-state index is 12.2. The molecule has 1 saturated heterocycles. The molecule has 3 heteroatoms. The van der Waals surface area contributed by atoms with E-state index < -0.39 is 0 Å². The lowest BCUT2D eigenvalue weighted by atomic mass is 10.1. The lowest BCUT2D eigenvalue weighted by molar-refractivity contribution is -0.143. The van der Waals surface area contributed by atoms with Gasteiger partial charge in [-0.25, -0.2) is 0 Å². The molecule has 0 radical (unpaired) electrons. The molecule has 1 aliphatic heterocycles. The van der Waals surface area contributed by atoms with Gasteiger partial charge in [0.25, 0.3) is 5.91 Å². The van der Waals surface area contributed by atoms with Crippen molar-refractivity contribution < 1.29 is 9.53 Å². The molecule has 0 N–H and O–H groups in total. The standard InChI is InChI=1S/C12H21NO2/c1-2-13(10-6-3-4-7-10)12(14)11-8-5-9-15-11/h10-11H,2-9H2,1H3. The molecule has 2 aliphatic rings. The highest BCUT2D eigenvalue weighted by Crippen LogP contribution is 2.25. The van der Waals surface area contributed by atoms with Gasteiger partial charge in [0.05, 0.1) is 0 Å². The van der Waals surface area contributed by atoms with E-state index in [4.69, 9.17) is 4.74 Å². The van der Waals surface area contributed by atoms with Gasteiger partial charge in [0, 0.05) is 19.2 Å². The van der Waals surface area contributed by atoms with E-state index in [9.17, 15) is 4.79 Å². The summed E-state index contributed by atoms with van der Waals surface area (Å²) >= 11 is 0. The van der Waals surface area contributed by atoms with Crippen molar-refractivity contribution in [1.29, 1.82) is 0 Å². The van der Waals surface area contributed by atoms with Gasteiger partial charge < -0.3 is 9.64 Å². The first-order valence-corrected chi connectivity index (χ1v) is 6.25. The van der Waals surface area contributed by atoms with Crippen molar-refractivity contribution in [2.45, 2.75) is 57.6 Å². The fraction of sp³-hybridized carbons (Fsp3) is 0.917. The van der Waals surface area contributed by atoms with Crippen LogP contribution in [0.4, 0.5) is 0 Å². The average molecular weight is 211 g/mol. The molecule has 86 valence electrons. The minimum Gasteiger partial charge on any atom is -0.368 e. The summed E-state index contributed by atoms with van der Waals surface area (Å²) in [6.45, 7) is 3.67. The Morgan fingerprint density at radius 1 is 1.27 bits per heavy atom. The Balaban J connectivity index is 1.95. The highest BCUT2D eigenvalue weighted by Gasteiger charge is 2.32. The highest BCUT2D eigenvalue weighted by atomic mass is 16.5. The maximum atomic E-state index is 12.2. The number of carbonyl (C=O) groups excluding carboxylic acids is 1. The zero-order valence-electron chi connectivity index (χ0n) is 9.58. The van der Waals surface area contributed by atoms with Crippen LogP contribution in [0.15, 0.2) is 0 Å². The number of ether oxygens (including phenoxy) is 1. The van der Waals surface area contributed by atoms with E-state index in [1.807, 2.05) is 4.90 Å². The summed E-state index contributed by atoms with van der Waals surface area (Å²) in [6.07, 6.45) is 6.75. The zero-order chi connectivity index (χ0) is 10.7. The van der Waals surface area contributed by atoms with Crippen molar-refractivity contribution in [3.8, 4) is 0 Å². The average Bonchev–Trinajstić information content (AvgIpc) is 2.91. The third-order valence-electron chi connectivity index (χ3n) is 3.59. The van der Waals surface area contributed by atoms with E-state index in [1.54, 1.807) is 0 Å². The van der Waals surface area contributed by atoms with Crippen LogP contribution in [0, 0.1) is 0 Å². The quantitative estimate of drug-likeness (QED) is 0.714. The number of amides is 1. The van der Waals surface area contributed by atoms with Crippen molar-refractivity contribution in [2.75, 3.05) is 13.2 Å². The summed E-state index contributed by atoms with van der Waals surface area (Å²) < 4.78 is 5.47. The van der Waals surface area contributed by atoms with Crippen molar-refractivity contribution >= 4 is 5.91 Å². The molecule has 1 amide bonds. The summed E-state index contributed by atoms with van der Waals surface area (Å²) in [4.78, 5) is 14.2. The second-order valence-corrected chi connectivity index (χ2v) is 4.56. The lowest BCUT2D eigenvalue weighted by Crippen LogP contribution is -2.44.